The Bertz CT molecular complexity index is 1860. The summed E-state index contributed by atoms with van der Waals surface area (Å²) in [5, 5.41) is 16.1. The SMILES string of the molecule is COc1ccc2c(c1)[C@]1(O[C@@H](CC(=O)N3CCC[C@H]3CO)[C@H]([Si](C)(C)O)[C@H]1C)C(=O)N2Cc1cccc(N2N=C(c3ccccc3)CCC2=O)c1. The fourth-order valence-electron chi connectivity index (χ4n) is 8.74. The molecule has 7 rings (SSSR count). The van der Waals surface area contributed by atoms with Gasteiger partial charge >= 0.3 is 0 Å². The minimum Gasteiger partial charge on any atom is -0.497 e. The summed E-state index contributed by atoms with van der Waals surface area (Å²) >= 11 is 0. The lowest BCUT2D eigenvalue weighted by atomic mass is 9.82. The molecule has 2 fully saturated rings. The van der Waals surface area contributed by atoms with Gasteiger partial charge in [0.05, 0.1) is 55.9 Å². The standard InChI is InChI=1S/C39H46N4O7Si/c1-25-37(51(3,4)48)34(22-36(46)41-19-9-14-29(41)24-44)50-39(25)31-21-30(49-2)15-17-33(31)42(38(39)47)23-26-10-8-13-28(20-26)43-35(45)18-16-32(40-43)27-11-6-5-7-12-27/h5-8,10-13,15,17,20-21,25,29,34,37,44,48H,9,14,16,18-19,22-24H2,1-4H3/t25-,29+,34+,37-,39+/m1/s1. The van der Waals surface area contributed by atoms with Gasteiger partial charge < -0.3 is 29.2 Å². The van der Waals surface area contributed by atoms with E-state index in [4.69, 9.17) is 14.6 Å². The number of carbonyl (C=O) groups is 3. The molecule has 11 nitrogen and oxygen atoms in total. The summed E-state index contributed by atoms with van der Waals surface area (Å²) in [4.78, 5) is 56.9. The molecule has 5 atom stereocenters. The number of carbonyl (C=O) groups excluding carboxylic acids is 3. The lowest BCUT2D eigenvalue weighted by molar-refractivity contribution is -0.150. The Hall–Kier alpha value is -4.36. The molecule has 3 aromatic carbocycles. The van der Waals surface area contributed by atoms with E-state index in [9.17, 15) is 24.3 Å². The largest absolute Gasteiger partial charge is 0.497 e. The van der Waals surface area contributed by atoms with Gasteiger partial charge in [0.25, 0.3) is 5.91 Å². The first kappa shape index (κ1) is 35.1. The van der Waals surface area contributed by atoms with E-state index in [1.807, 2.05) is 92.8 Å². The molecule has 12 heteroatoms. The van der Waals surface area contributed by atoms with Crippen LogP contribution in [-0.2, 0) is 31.3 Å². The third kappa shape index (κ3) is 6.17. The van der Waals surface area contributed by atoms with Crippen molar-refractivity contribution in [1.82, 2.24) is 4.90 Å². The van der Waals surface area contributed by atoms with E-state index in [2.05, 4.69) is 0 Å². The van der Waals surface area contributed by atoms with E-state index in [0.717, 1.165) is 29.7 Å². The average Bonchev–Trinajstić information content (AvgIpc) is 3.79. The molecular weight excluding hydrogens is 665 g/mol. The topological polar surface area (TPSA) is 132 Å². The van der Waals surface area contributed by atoms with Crippen molar-refractivity contribution in [3.05, 3.63) is 89.5 Å². The van der Waals surface area contributed by atoms with Gasteiger partial charge in [0.15, 0.2) is 13.9 Å². The summed E-state index contributed by atoms with van der Waals surface area (Å²) in [5.41, 5.74) is 2.64. The average molecular weight is 711 g/mol. The van der Waals surface area contributed by atoms with Crippen LogP contribution in [0.15, 0.2) is 77.9 Å². The molecular formula is C39H46N4O7Si. The monoisotopic (exact) mass is 710 g/mol. The molecule has 1 spiro atoms. The number of hydrogen-bond donors (Lipinski definition) is 2. The number of aliphatic hydroxyl groups is 1. The van der Waals surface area contributed by atoms with Crippen molar-refractivity contribution < 1.29 is 33.8 Å². The van der Waals surface area contributed by atoms with Crippen LogP contribution >= 0.6 is 0 Å². The van der Waals surface area contributed by atoms with E-state index in [1.54, 1.807) is 16.9 Å². The Morgan fingerprint density at radius 1 is 1.06 bits per heavy atom. The predicted octanol–water partition coefficient (Wildman–Crippen LogP) is 4.94. The number of fused-ring (bicyclic) bond motifs is 2. The van der Waals surface area contributed by atoms with Crippen LogP contribution < -0.4 is 14.6 Å². The number of ether oxygens (including phenoxy) is 2. The number of methoxy groups -OCH3 is 1. The fraction of sp³-hybridized carbons (Fsp3) is 0.436. The summed E-state index contributed by atoms with van der Waals surface area (Å²) in [7, 11) is -1.43. The minimum absolute atomic E-state index is 0.00816. The second-order valence-electron chi connectivity index (χ2n) is 14.7. The molecule has 0 unspecified atom stereocenters. The lowest BCUT2D eigenvalue weighted by Gasteiger charge is -2.33. The quantitative estimate of drug-likeness (QED) is 0.301. The molecule has 4 aliphatic rings. The van der Waals surface area contributed by atoms with Crippen LogP contribution in [0.4, 0.5) is 11.4 Å². The van der Waals surface area contributed by atoms with Crippen LogP contribution in [0.25, 0.3) is 0 Å². The van der Waals surface area contributed by atoms with Crippen molar-refractivity contribution in [2.24, 2.45) is 11.0 Å². The predicted molar refractivity (Wildman–Crippen MR) is 196 cm³/mol. The van der Waals surface area contributed by atoms with Gasteiger partial charge in [-0.1, -0.05) is 49.4 Å². The summed E-state index contributed by atoms with van der Waals surface area (Å²) in [5.74, 6) is -0.402. The molecule has 2 N–H and O–H groups in total. The summed E-state index contributed by atoms with van der Waals surface area (Å²) < 4.78 is 12.5. The normalized spacial score (nSPS) is 26.2. The molecule has 0 aliphatic carbocycles. The van der Waals surface area contributed by atoms with E-state index in [1.165, 1.54) is 5.01 Å². The van der Waals surface area contributed by atoms with Gasteiger partial charge in [0.1, 0.15) is 5.75 Å². The first-order valence-electron chi connectivity index (χ1n) is 17.8. The summed E-state index contributed by atoms with van der Waals surface area (Å²) in [6, 6.07) is 22.6. The zero-order chi connectivity index (χ0) is 36.1. The third-order valence-electron chi connectivity index (χ3n) is 11.1. The van der Waals surface area contributed by atoms with Crippen molar-refractivity contribution >= 4 is 43.1 Å². The number of nitrogens with zero attached hydrogens (tertiary/aromatic N) is 4. The summed E-state index contributed by atoms with van der Waals surface area (Å²) in [6.45, 7) is 6.28. The number of hydrogen-bond acceptors (Lipinski definition) is 8. The maximum Gasteiger partial charge on any atom is 0.264 e. The van der Waals surface area contributed by atoms with E-state index >= 15 is 0 Å². The van der Waals surface area contributed by atoms with Crippen molar-refractivity contribution in [2.45, 2.75) is 82.0 Å². The number of anilines is 2. The van der Waals surface area contributed by atoms with Gasteiger partial charge in [-0.3, -0.25) is 14.4 Å². The molecule has 0 saturated carbocycles. The van der Waals surface area contributed by atoms with Crippen molar-refractivity contribution in [3.8, 4) is 5.75 Å². The molecule has 0 aromatic heterocycles. The van der Waals surface area contributed by atoms with E-state index in [-0.39, 0.29) is 43.3 Å². The Kier molecular flexibility index (Phi) is 9.38. The molecule has 51 heavy (non-hydrogen) atoms. The zero-order valence-electron chi connectivity index (χ0n) is 29.6. The number of hydrazone groups is 1. The Morgan fingerprint density at radius 2 is 1.84 bits per heavy atom. The number of aliphatic hydroxyl groups excluding tert-OH is 1. The molecule has 4 aliphatic heterocycles. The molecule has 3 amide bonds. The minimum atomic E-state index is -3.00. The van der Waals surface area contributed by atoms with Gasteiger partial charge in [0.2, 0.25) is 11.8 Å². The van der Waals surface area contributed by atoms with Gasteiger partial charge in [-0.2, -0.15) is 5.10 Å². The maximum absolute atomic E-state index is 15.0. The summed E-state index contributed by atoms with van der Waals surface area (Å²) in [6.07, 6.45) is 1.76. The second kappa shape index (κ2) is 13.6. The molecule has 0 radical (unpaired) electrons. The third-order valence-corrected chi connectivity index (χ3v) is 13.6. The first-order chi connectivity index (χ1) is 24.5. The van der Waals surface area contributed by atoms with Gasteiger partial charge in [-0.25, -0.2) is 5.01 Å². The van der Waals surface area contributed by atoms with Crippen molar-refractivity contribution in [2.75, 3.05) is 30.2 Å². The first-order valence-corrected chi connectivity index (χ1v) is 20.8. The lowest BCUT2D eigenvalue weighted by Crippen LogP contribution is -2.46. The smallest absolute Gasteiger partial charge is 0.264 e. The van der Waals surface area contributed by atoms with Gasteiger partial charge in [0, 0.05) is 36.4 Å². The molecule has 2 saturated heterocycles. The van der Waals surface area contributed by atoms with Crippen LogP contribution in [0.5, 0.6) is 5.75 Å². The Labute approximate surface area is 299 Å². The second-order valence-corrected chi connectivity index (χ2v) is 18.7. The number of benzene rings is 3. The Morgan fingerprint density at radius 3 is 2.57 bits per heavy atom. The van der Waals surface area contributed by atoms with Crippen LogP contribution in [0.2, 0.25) is 18.6 Å². The number of rotatable bonds is 9. The molecule has 4 heterocycles. The maximum atomic E-state index is 15.0. The number of likely N-dealkylation sites (tertiary alicyclic amines) is 1. The van der Waals surface area contributed by atoms with Crippen molar-refractivity contribution in [3.63, 3.8) is 0 Å². The highest BCUT2D eigenvalue weighted by Crippen LogP contribution is 2.60. The highest BCUT2D eigenvalue weighted by Gasteiger charge is 2.66. The zero-order valence-corrected chi connectivity index (χ0v) is 30.6. The van der Waals surface area contributed by atoms with Gasteiger partial charge in [-0.15, -0.1) is 0 Å². The molecule has 0 bridgehead atoms. The highest BCUT2D eigenvalue weighted by molar-refractivity contribution is 6.71. The Balaban J connectivity index is 1.22. The van der Waals surface area contributed by atoms with E-state index < -0.39 is 31.5 Å². The van der Waals surface area contributed by atoms with E-state index in [0.29, 0.717) is 42.1 Å². The van der Waals surface area contributed by atoms with Crippen LogP contribution in [-0.4, -0.2) is 79.0 Å². The molecule has 268 valence electrons. The number of amides is 3. The van der Waals surface area contributed by atoms with Crippen LogP contribution in [0, 0.1) is 5.92 Å². The fourth-order valence-corrected chi connectivity index (χ4v) is 11.3. The van der Waals surface area contributed by atoms with Crippen LogP contribution in [0.3, 0.4) is 0 Å². The molecule has 3 aromatic rings. The highest BCUT2D eigenvalue weighted by atomic mass is 28.4. The van der Waals surface area contributed by atoms with Gasteiger partial charge in [-0.05, 0) is 67.4 Å². The van der Waals surface area contributed by atoms with Crippen molar-refractivity contribution in [1.29, 1.82) is 0 Å². The van der Waals surface area contributed by atoms with Crippen LogP contribution in [0.1, 0.15) is 55.7 Å².